The quantitative estimate of drug-likeness (QED) is 0.483. The maximum absolute atomic E-state index is 12.6. The fraction of sp³-hybridized carbons (Fsp3) is 0.636. The van der Waals surface area contributed by atoms with Crippen molar-refractivity contribution in [3.63, 3.8) is 0 Å². The number of para-hydroxylation sites is 1. The maximum Gasteiger partial charge on any atom is 0.387 e. The van der Waals surface area contributed by atoms with E-state index in [-0.39, 0.29) is 11.7 Å². The van der Waals surface area contributed by atoms with E-state index < -0.39 is 6.61 Å². The maximum atomic E-state index is 12.6. The summed E-state index contributed by atoms with van der Waals surface area (Å²) in [6, 6.07) is 6.71. The van der Waals surface area contributed by atoms with Gasteiger partial charge in [0, 0.05) is 64.3 Å². The van der Waals surface area contributed by atoms with Crippen LogP contribution in [0.2, 0.25) is 0 Å². The van der Waals surface area contributed by atoms with Gasteiger partial charge in [0.15, 0.2) is 5.96 Å². The van der Waals surface area contributed by atoms with Gasteiger partial charge >= 0.3 is 6.61 Å². The highest BCUT2D eigenvalue weighted by molar-refractivity contribution is 5.80. The Morgan fingerprint density at radius 2 is 1.87 bits per heavy atom. The normalized spacial score (nSPS) is 18.5. The van der Waals surface area contributed by atoms with Gasteiger partial charge in [-0.15, -0.1) is 0 Å². The van der Waals surface area contributed by atoms with Crippen LogP contribution in [0.5, 0.6) is 5.75 Å². The fourth-order valence-electron chi connectivity index (χ4n) is 4.22. The first kappa shape index (κ1) is 23.2. The lowest BCUT2D eigenvalue weighted by Crippen LogP contribution is -2.51. The summed E-state index contributed by atoms with van der Waals surface area (Å²) in [5.74, 6) is 1.35. The Labute approximate surface area is 182 Å². The zero-order valence-corrected chi connectivity index (χ0v) is 18.2. The van der Waals surface area contributed by atoms with Gasteiger partial charge in [-0.1, -0.05) is 31.0 Å². The van der Waals surface area contributed by atoms with Gasteiger partial charge in [-0.05, 0) is 18.9 Å². The number of piperazine rings is 1. The molecule has 31 heavy (non-hydrogen) atoms. The van der Waals surface area contributed by atoms with Crippen LogP contribution in [0.15, 0.2) is 29.3 Å². The first-order valence-corrected chi connectivity index (χ1v) is 11.0. The Morgan fingerprint density at radius 3 is 2.55 bits per heavy atom. The van der Waals surface area contributed by atoms with Crippen molar-refractivity contribution >= 4 is 11.9 Å². The third-order valence-electron chi connectivity index (χ3n) is 5.97. The van der Waals surface area contributed by atoms with Crippen molar-refractivity contribution in [3.05, 3.63) is 29.8 Å². The van der Waals surface area contributed by atoms with E-state index in [4.69, 9.17) is 0 Å². The minimum atomic E-state index is -2.85. The average Bonchev–Trinajstić information content (AvgIpc) is 3.31. The molecule has 0 radical (unpaired) electrons. The Kier molecular flexibility index (Phi) is 8.87. The fourth-order valence-corrected chi connectivity index (χ4v) is 4.22. The SMILES string of the molecule is CN=C(NCCN1CCN(C(=O)C2CCCC2)CC1)NCc1ccccc1OC(F)F. The van der Waals surface area contributed by atoms with Crippen LogP contribution in [0.1, 0.15) is 31.2 Å². The van der Waals surface area contributed by atoms with Gasteiger partial charge in [-0.3, -0.25) is 14.7 Å². The molecular formula is C22H33F2N5O2. The predicted molar refractivity (Wildman–Crippen MR) is 116 cm³/mol. The smallest absolute Gasteiger partial charge is 0.387 e. The van der Waals surface area contributed by atoms with Crippen molar-refractivity contribution in [2.45, 2.75) is 38.8 Å². The number of guanidine groups is 1. The van der Waals surface area contributed by atoms with E-state index in [1.807, 2.05) is 4.90 Å². The van der Waals surface area contributed by atoms with E-state index in [2.05, 4.69) is 25.3 Å². The van der Waals surface area contributed by atoms with Crippen molar-refractivity contribution in [1.82, 2.24) is 20.4 Å². The molecule has 0 unspecified atom stereocenters. The summed E-state index contributed by atoms with van der Waals surface area (Å²) in [4.78, 5) is 21.1. The molecule has 172 valence electrons. The number of halogens is 2. The second kappa shape index (κ2) is 11.8. The third kappa shape index (κ3) is 7.05. The number of ether oxygens (including phenoxy) is 1. The first-order chi connectivity index (χ1) is 15.1. The molecule has 0 bridgehead atoms. The number of alkyl halides is 2. The zero-order chi connectivity index (χ0) is 22.1. The molecule has 1 aromatic rings. The topological polar surface area (TPSA) is 69.2 Å². The van der Waals surface area contributed by atoms with Crippen molar-refractivity contribution in [1.29, 1.82) is 0 Å². The Balaban J connectivity index is 1.36. The lowest BCUT2D eigenvalue weighted by Gasteiger charge is -2.36. The molecule has 7 nitrogen and oxygen atoms in total. The number of carbonyl (C=O) groups excluding carboxylic acids is 1. The van der Waals surface area contributed by atoms with Crippen LogP contribution in [0, 0.1) is 5.92 Å². The second-order valence-corrected chi connectivity index (χ2v) is 7.99. The molecular weight excluding hydrogens is 404 g/mol. The van der Waals surface area contributed by atoms with Gasteiger partial charge in [0.25, 0.3) is 0 Å². The van der Waals surface area contributed by atoms with Crippen molar-refractivity contribution in [2.24, 2.45) is 10.9 Å². The molecule has 1 aromatic carbocycles. The van der Waals surface area contributed by atoms with Gasteiger partial charge in [-0.2, -0.15) is 8.78 Å². The highest BCUT2D eigenvalue weighted by Crippen LogP contribution is 2.27. The molecule has 1 heterocycles. The molecule has 2 aliphatic rings. The average molecular weight is 438 g/mol. The van der Waals surface area contributed by atoms with Gasteiger partial charge in [-0.25, -0.2) is 0 Å². The van der Waals surface area contributed by atoms with Crippen LogP contribution < -0.4 is 15.4 Å². The summed E-state index contributed by atoms with van der Waals surface area (Å²) in [5.41, 5.74) is 0.633. The summed E-state index contributed by atoms with van der Waals surface area (Å²) in [6.45, 7) is 2.36. The Hall–Kier alpha value is -2.42. The van der Waals surface area contributed by atoms with Crippen molar-refractivity contribution in [2.75, 3.05) is 46.3 Å². The van der Waals surface area contributed by atoms with Gasteiger partial charge < -0.3 is 20.3 Å². The number of benzene rings is 1. The molecule has 2 N–H and O–H groups in total. The first-order valence-electron chi connectivity index (χ1n) is 11.0. The predicted octanol–water partition coefficient (Wildman–Crippen LogP) is 2.29. The summed E-state index contributed by atoms with van der Waals surface area (Å²) in [7, 11) is 1.67. The molecule has 1 saturated heterocycles. The zero-order valence-electron chi connectivity index (χ0n) is 18.2. The van der Waals surface area contributed by atoms with Crippen molar-refractivity contribution in [3.8, 4) is 5.75 Å². The summed E-state index contributed by atoms with van der Waals surface area (Å²) >= 11 is 0. The molecule has 0 aromatic heterocycles. The van der Waals surface area contributed by atoms with Crippen LogP contribution in [0.4, 0.5) is 8.78 Å². The highest BCUT2D eigenvalue weighted by atomic mass is 19.3. The molecule has 1 aliphatic heterocycles. The summed E-state index contributed by atoms with van der Waals surface area (Å²) in [5, 5.41) is 6.39. The minimum Gasteiger partial charge on any atom is -0.434 e. The number of amides is 1. The third-order valence-corrected chi connectivity index (χ3v) is 5.97. The standard InChI is InChI=1S/C22H33F2N5O2/c1-25-22(27-16-18-8-4-5-9-19(18)31-21(23)24)26-10-11-28-12-14-29(15-13-28)20(30)17-6-2-3-7-17/h4-5,8-9,17,21H,2-3,6-7,10-16H2,1H3,(H2,25,26,27). The van der Waals surface area contributed by atoms with Crippen LogP contribution in [-0.4, -0.2) is 74.6 Å². The van der Waals surface area contributed by atoms with Crippen LogP contribution >= 0.6 is 0 Å². The number of carbonyl (C=O) groups is 1. The van der Waals surface area contributed by atoms with E-state index in [9.17, 15) is 13.6 Å². The lowest BCUT2D eigenvalue weighted by molar-refractivity contribution is -0.137. The number of hydrogen-bond donors (Lipinski definition) is 2. The molecule has 1 amide bonds. The number of hydrogen-bond acceptors (Lipinski definition) is 4. The van der Waals surface area contributed by atoms with Gasteiger partial charge in [0.1, 0.15) is 5.75 Å². The second-order valence-electron chi connectivity index (χ2n) is 7.99. The molecule has 9 heteroatoms. The Morgan fingerprint density at radius 1 is 1.16 bits per heavy atom. The Bertz CT molecular complexity index is 732. The van der Waals surface area contributed by atoms with Gasteiger partial charge in [0.2, 0.25) is 5.91 Å². The number of rotatable bonds is 8. The summed E-state index contributed by atoms with van der Waals surface area (Å²) < 4.78 is 29.7. The number of aliphatic imine (C=N–C) groups is 1. The summed E-state index contributed by atoms with van der Waals surface area (Å²) in [6.07, 6.45) is 4.46. The van der Waals surface area contributed by atoms with E-state index >= 15 is 0 Å². The molecule has 0 atom stereocenters. The van der Waals surface area contributed by atoms with Gasteiger partial charge in [0.05, 0.1) is 0 Å². The number of nitrogens with one attached hydrogen (secondary N) is 2. The molecule has 2 fully saturated rings. The van der Waals surface area contributed by atoms with Crippen LogP contribution in [0.3, 0.4) is 0 Å². The van der Waals surface area contributed by atoms with E-state index in [0.29, 0.717) is 30.5 Å². The number of nitrogens with zero attached hydrogens (tertiary/aromatic N) is 3. The van der Waals surface area contributed by atoms with Crippen LogP contribution in [-0.2, 0) is 11.3 Å². The van der Waals surface area contributed by atoms with E-state index in [1.165, 1.54) is 18.9 Å². The lowest BCUT2D eigenvalue weighted by atomic mass is 10.1. The van der Waals surface area contributed by atoms with Crippen molar-refractivity contribution < 1.29 is 18.3 Å². The molecule has 1 aliphatic carbocycles. The molecule has 0 spiro atoms. The highest BCUT2D eigenvalue weighted by Gasteiger charge is 2.29. The van der Waals surface area contributed by atoms with E-state index in [1.54, 1.807) is 25.2 Å². The van der Waals surface area contributed by atoms with Crippen LogP contribution in [0.25, 0.3) is 0 Å². The largest absolute Gasteiger partial charge is 0.434 e. The minimum absolute atomic E-state index is 0.158. The monoisotopic (exact) mass is 437 g/mol. The van der Waals surface area contributed by atoms with E-state index in [0.717, 1.165) is 45.6 Å². The molecule has 1 saturated carbocycles. The molecule has 3 rings (SSSR count).